The van der Waals surface area contributed by atoms with Crippen molar-refractivity contribution in [2.45, 2.75) is 20.8 Å². The van der Waals surface area contributed by atoms with Crippen LogP contribution in [0.15, 0.2) is 0 Å². The Labute approximate surface area is 48.2 Å². The third-order valence-electron chi connectivity index (χ3n) is 0.695. The fourth-order valence-corrected chi connectivity index (χ4v) is 0.137. The molecule has 0 fully saturated rings. The zero-order chi connectivity index (χ0) is 6.78. The highest BCUT2D eigenvalue weighted by molar-refractivity contribution is 5.74. The zero-order valence-corrected chi connectivity index (χ0v) is 5.26. The molecule has 8 heavy (non-hydrogen) atoms. The summed E-state index contributed by atoms with van der Waals surface area (Å²) in [5.41, 5.74) is -0.602. The van der Waals surface area contributed by atoms with Crippen LogP contribution in [0, 0.1) is 5.41 Å². The Balaban J connectivity index is 3.82. The quantitative estimate of drug-likeness (QED) is 0.382. The molecule has 0 aromatic rings. The summed E-state index contributed by atoms with van der Waals surface area (Å²) in [6.07, 6.45) is 0. The Morgan fingerprint density at radius 3 is 1.88 bits per heavy atom. The van der Waals surface area contributed by atoms with Gasteiger partial charge in [-0.15, -0.1) is 0 Å². The van der Waals surface area contributed by atoms with Gasteiger partial charge in [0.05, 0.1) is 5.41 Å². The van der Waals surface area contributed by atoms with Crippen molar-refractivity contribution in [1.29, 1.82) is 0 Å². The van der Waals surface area contributed by atoms with E-state index in [0.29, 0.717) is 0 Å². The van der Waals surface area contributed by atoms with Crippen molar-refractivity contribution in [3.8, 4) is 0 Å². The second-order valence-electron chi connectivity index (χ2n) is 2.63. The molecule has 0 aromatic carbocycles. The summed E-state index contributed by atoms with van der Waals surface area (Å²) in [6, 6.07) is 0. The maximum absolute atomic E-state index is 10.4. The number of rotatable bonds is 0. The Kier molecular flexibility index (Phi) is 1.98. The Bertz CT molecular complexity index is 90.3. The molecule has 0 aliphatic rings. The highest BCUT2D eigenvalue weighted by Crippen LogP contribution is 2.13. The van der Waals surface area contributed by atoms with Crippen LogP contribution < -0.4 is 0 Å². The lowest BCUT2D eigenvalue weighted by Gasteiger charge is -2.11. The SMILES string of the molecule is CC(C)(C)C(=O)OO. The van der Waals surface area contributed by atoms with E-state index in [1.807, 2.05) is 0 Å². The maximum Gasteiger partial charge on any atom is 0.347 e. The molecule has 0 atom stereocenters. The second kappa shape index (κ2) is 2.13. The van der Waals surface area contributed by atoms with Crippen molar-refractivity contribution < 1.29 is 14.9 Å². The normalized spacial score (nSPS) is 11.0. The van der Waals surface area contributed by atoms with Gasteiger partial charge in [-0.05, 0) is 20.8 Å². The van der Waals surface area contributed by atoms with Crippen LogP contribution in [0.25, 0.3) is 0 Å². The third-order valence-corrected chi connectivity index (χ3v) is 0.695. The van der Waals surface area contributed by atoms with Gasteiger partial charge in [-0.3, -0.25) is 0 Å². The Morgan fingerprint density at radius 1 is 1.50 bits per heavy atom. The molecule has 0 saturated carbocycles. The molecule has 0 radical (unpaired) electrons. The van der Waals surface area contributed by atoms with Crippen LogP contribution in [-0.2, 0) is 9.68 Å². The van der Waals surface area contributed by atoms with Gasteiger partial charge in [0.2, 0.25) is 0 Å². The van der Waals surface area contributed by atoms with Gasteiger partial charge in [0.15, 0.2) is 0 Å². The van der Waals surface area contributed by atoms with Crippen molar-refractivity contribution in [2.75, 3.05) is 0 Å². The first-order chi connectivity index (χ1) is 3.48. The monoisotopic (exact) mass is 118 g/mol. The summed E-state index contributed by atoms with van der Waals surface area (Å²) in [5, 5.41) is 7.82. The molecule has 0 rings (SSSR count). The van der Waals surface area contributed by atoms with Crippen LogP contribution in [0.2, 0.25) is 0 Å². The first-order valence-corrected chi connectivity index (χ1v) is 2.34. The maximum atomic E-state index is 10.4. The lowest BCUT2D eigenvalue weighted by atomic mass is 9.98. The van der Waals surface area contributed by atoms with E-state index in [2.05, 4.69) is 4.89 Å². The van der Waals surface area contributed by atoms with Gasteiger partial charge in [0.1, 0.15) is 0 Å². The zero-order valence-electron chi connectivity index (χ0n) is 5.26. The lowest BCUT2D eigenvalue weighted by molar-refractivity contribution is -0.243. The molecule has 1 N–H and O–H groups in total. The predicted molar refractivity (Wildman–Crippen MR) is 28.2 cm³/mol. The predicted octanol–water partition coefficient (Wildman–Crippen LogP) is 1.05. The Morgan fingerprint density at radius 2 is 1.88 bits per heavy atom. The average Bonchev–Trinajstić information content (AvgIpc) is 1.62. The standard InChI is InChI=1S/C5H10O3/c1-5(2,3)4(6)8-7/h7H,1-3H3. The molecule has 0 aromatic heterocycles. The lowest BCUT2D eigenvalue weighted by Crippen LogP contribution is -2.21. The summed E-state index contributed by atoms with van der Waals surface area (Å²) in [5.74, 6) is -0.613. The molecular formula is C5H10O3. The van der Waals surface area contributed by atoms with Gasteiger partial charge >= 0.3 is 5.97 Å². The molecular weight excluding hydrogens is 108 g/mol. The second-order valence-corrected chi connectivity index (χ2v) is 2.63. The summed E-state index contributed by atoms with van der Waals surface area (Å²) in [4.78, 5) is 13.8. The van der Waals surface area contributed by atoms with Crippen molar-refractivity contribution in [3.63, 3.8) is 0 Å². The minimum absolute atomic E-state index is 0.602. The van der Waals surface area contributed by atoms with Gasteiger partial charge in [0, 0.05) is 0 Å². The molecule has 0 aliphatic carbocycles. The first kappa shape index (κ1) is 7.43. The van der Waals surface area contributed by atoms with E-state index in [9.17, 15) is 4.79 Å². The van der Waals surface area contributed by atoms with E-state index < -0.39 is 11.4 Å². The third kappa shape index (κ3) is 1.93. The summed E-state index contributed by atoms with van der Waals surface area (Å²) in [7, 11) is 0. The minimum atomic E-state index is -0.613. The number of carbonyl (C=O) groups excluding carboxylic acids is 1. The highest BCUT2D eigenvalue weighted by Gasteiger charge is 2.22. The topological polar surface area (TPSA) is 46.5 Å². The Hall–Kier alpha value is -0.570. The molecule has 0 saturated heterocycles. The summed E-state index contributed by atoms with van der Waals surface area (Å²) >= 11 is 0. The number of hydrogen-bond donors (Lipinski definition) is 1. The highest BCUT2D eigenvalue weighted by atomic mass is 17.1. The van der Waals surface area contributed by atoms with Crippen LogP contribution in [0.1, 0.15) is 20.8 Å². The fraction of sp³-hybridized carbons (Fsp3) is 0.800. The van der Waals surface area contributed by atoms with Gasteiger partial charge in [-0.1, -0.05) is 0 Å². The molecule has 48 valence electrons. The molecule has 0 spiro atoms. The van der Waals surface area contributed by atoms with Gasteiger partial charge in [-0.2, -0.15) is 5.26 Å². The molecule has 0 unspecified atom stereocenters. The van der Waals surface area contributed by atoms with Crippen LogP contribution in [0.4, 0.5) is 0 Å². The smallest absolute Gasteiger partial charge is 0.300 e. The van der Waals surface area contributed by atoms with Crippen LogP contribution >= 0.6 is 0 Å². The average molecular weight is 118 g/mol. The number of hydrogen-bond acceptors (Lipinski definition) is 3. The molecule has 0 aliphatic heterocycles. The van der Waals surface area contributed by atoms with E-state index in [1.54, 1.807) is 20.8 Å². The van der Waals surface area contributed by atoms with Crippen molar-refractivity contribution >= 4 is 5.97 Å². The van der Waals surface area contributed by atoms with E-state index in [1.165, 1.54) is 0 Å². The fourth-order valence-electron chi connectivity index (χ4n) is 0.137. The molecule has 3 heteroatoms. The number of carbonyl (C=O) groups is 1. The van der Waals surface area contributed by atoms with Crippen molar-refractivity contribution in [1.82, 2.24) is 0 Å². The van der Waals surface area contributed by atoms with Crippen LogP contribution in [-0.4, -0.2) is 11.2 Å². The van der Waals surface area contributed by atoms with E-state index in [4.69, 9.17) is 5.26 Å². The summed E-state index contributed by atoms with van der Waals surface area (Å²) < 4.78 is 0. The molecule has 0 bridgehead atoms. The van der Waals surface area contributed by atoms with Gasteiger partial charge < -0.3 is 4.89 Å². The van der Waals surface area contributed by atoms with E-state index in [-0.39, 0.29) is 0 Å². The van der Waals surface area contributed by atoms with Gasteiger partial charge in [-0.25, -0.2) is 4.79 Å². The van der Waals surface area contributed by atoms with E-state index in [0.717, 1.165) is 0 Å². The molecule has 0 heterocycles. The largest absolute Gasteiger partial charge is 0.347 e. The minimum Gasteiger partial charge on any atom is -0.300 e. The molecule has 0 amide bonds. The first-order valence-electron chi connectivity index (χ1n) is 2.34. The van der Waals surface area contributed by atoms with E-state index >= 15 is 0 Å². The molecule has 3 nitrogen and oxygen atoms in total. The van der Waals surface area contributed by atoms with Gasteiger partial charge in [0.25, 0.3) is 0 Å². The summed E-state index contributed by atoms with van der Waals surface area (Å²) in [6.45, 7) is 4.97. The van der Waals surface area contributed by atoms with Crippen LogP contribution in [0.3, 0.4) is 0 Å². The van der Waals surface area contributed by atoms with Crippen molar-refractivity contribution in [2.24, 2.45) is 5.41 Å². The van der Waals surface area contributed by atoms with Crippen molar-refractivity contribution in [3.05, 3.63) is 0 Å². The van der Waals surface area contributed by atoms with Crippen LogP contribution in [0.5, 0.6) is 0 Å².